The molecule has 0 aliphatic heterocycles. The molecule has 0 unspecified atom stereocenters. The molecule has 28 heavy (non-hydrogen) atoms. The molecule has 0 fully saturated rings. The van der Waals surface area contributed by atoms with Crippen molar-refractivity contribution in [2.24, 2.45) is 0 Å². The lowest BCUT2D eigenvalue weighted by Crippen LogP contribution is -2.20. The van der Waals surface area contributed by atoms with Crippen LogP contribution in [-0.2, 0) is 6.54 Å². The van der Waals surface area contributed by atoms with E-state index in [1.165, 1.54) is 12.1 Å². The Morgan fingerprint density at radius 3 is 2.39 bits per heavy atom. The van der Waals surface area contributed by atoms with Crippen molar-refractivity contribution >= 4 is 34.9 Å². The van der Waals surface area contributed by atoms with Gasteiger partial charge < -0.3 is 15.3 Å². The Morgan fingerprint density at radius 2 is 1.71 bits per heavy atom. The Hall–Kier alpha value is -3.31. The van der Waals surface area contributed by atoms with Crippen molar-refractivity contribution in [3.05, 3.63) is 94.5 Å². The van der Waals surface area contributed by atoms with Crippen molar-refractivity contribution in [2.75, 3.05) is 17.3 Å². The van der Waals surface area contributed by atoms with Crippen LogP contribution >= 0.6 is 11.6 Å². The Morgan fingerprint density at radius 1 is 0.964 bits per heavy atom. The van der Waals surface area contributed by atoms with Crippen LogP contribution in [-0.4, -0.2) is 24.0 Å². The van der Waals surface area contributed by atoms with Gasteiger partial charge in [-0.2, -0.15) is 0 Å². The van der Waals surface area contributed by atoms with Crippen LogP contribution in [0.1, 0.15) is 26.3 Å². The average Bonchev–Trinajstić information content (AvgIpc) is 2.68. The third kappa shape index (κ3) is 4.69. The maximum absolute atomic E-state index is 12.6. The second-order valence-corrected chi connectivity index (χ2v) is 6.78. The first-order chi connectivity index (χ1) is 13.4. The molecule has 3 rings (SSSR count). The predicted molar refractivity (Wildman–Crippen MR) is 111 cm³/mol. The summed E-state index contributed by atoms with van der Waals surface area (Å²) in [4.78, 5) is 26.0. The lowest BCUT2D eigenvalue weighted by Gasteiger charge is -2.23. The molecule has 0 heterocycles. The fraction of sp³-hybridized carbons (Fsp3) is 0.0909. The topological polar surface area (TPSA) is 69.6 Å². The molecular weight excluding hydrogens is 376 g/mol. The number of hydrogen-bond acceptors (Lipinski definition) is 3. The number of hydrogen-bond donors (Lipinski definition) is 2. The van der Waals surface area contributed by atoms with Crippen LogP contribution in [0.4, 0.5) is 11.4 Å². The molecule has 0 spiro atoms. The number of nitrogens with zero attached hydrogens (tertiary/aromatic N) is 1. The number of amides is 1. The molecule has 0 saturated carbocycles. The van der Waals surface area contributed by atoms with Gasteiger partial charge in [-0.25, -0.2) is 4.79 Å². The fourth-order valence-corrected chi connectivity index (χ4v) is 3.06. The number of carboxylic acid groups (broad SMARTS) is 1. The van der Waals surface area contributed by atoms with Crippen LogP contribution in [0.15, 0.2) is 72.8 Å². The molecule has 1 amide bonds. The van der Waals surface area contributed by atoms with Gasteiger partial charge in [0.05, 0.1) is 16.9 Å². The standard InChI is InChI=1S/C22H19ClN2O3/c1-25(14-15-6-3-2-4-7-15)20-11-10-17(22(27)28)13-19(20)24-21(26)16-8-5-9-18(23)12-16/h2-13H,14H2,1H3,(H,24,26)(H,27,28). The van der Waals surface area contributed by atoms with E-state index in [1.54, 1.807) is 30.3 Å². The van der Waals surface area contributed by atoms with Gasteiger partial charge in [0, 0.05) is 24.2 Å². The Bertz CT molecular complexity index is 1010. The molecule has 0 aliphatic rings. The molecule has 5 nitrogen and oxygen atoms in total. The SMILES string of the molecule is CN(Cc1ccccc1)c1ccc(C(=O)O)cc1NC(=O)c1cccc(Cl)c1. The molecule has 0 atom stereocenters. The molecule has 0 aliphatic carbocycles. The number of benzene rings is 3. The van der Waals surface area contributed by atoms with Crippen molar-refractivity contribution in [1.29, 1.82) is 0 Å². The highest BCUT2D eigenvalue weighted by Gasteiger charge is 2.15. The summed E-state index contributed by atoms with van der Waals surface area (Å²) in [6.07, 6.45) is 0. The van der Waals surface area contributed by atoms with Gasteiger partial charge in [-0.05, 0) is 42.0 Å². The summed E-state index contributed by atoms with van der Waals surface area (Å²) in [7, 11) is 1.89. The van der Waals surface area contributed by atoms with Crippen LogP contribution in [0.25, 0.3) is 0 Å². The zero-order valence-electron chi connectivity index (χ0n) is 15.2. The van der Waals surface area contributed by atoms with Crippen LogP contribution < -0.4 is 10.2 Å². The van der Waals surface area contributed by atoms with Gasteiger partial charge in [-0.1, -0.05) is 48.0 Å². The number of aromatic carboxylic acids is 1. The van der Waals surface area contributed by atoms with E-state index in [2.05, 4.69) is 5.32 Å². The second kappa shape index (κ2) is 8.59. The molecule has 0 saturated heterocycles. The summed E-state index contributed by atoms with van der Waals surface area (Å²) < 4.78 is 0. The van der Waals surface area contributed by atoms with Crippen molar-refractivity contribution in [1.82, 2.24) is 0 Å². The number of halogens is 1. The highest BCUT2D eigenvalue weighted by atomic mass is 35.5. The number of nitrogens with one attached hydrogen (secondary N) is 1. The first-order valence-electron chi connectivity index (χ1n) is 8.63. The molecular formula is C22H19ClN2O3. The van der Waals surface area contributed by atoms with Gasteiger partial charge in [0.2, 0.25) is 0 Å². The Kier molecular flexibility index (Phi) is 5.96. The summed E-state index contributed by atoms with van der Waals surface area (Å²) in [6.45, 7) is 0.604. The number of carboxylic acids is 1. The molecule has 0 radical (unpaired) electrons. The zero-order valence-corrected chi connectivity index (χ0v) is 16.0. The van der Waals surface area contributed by atoms with Gasteiger partial charge >= 0.3 is 5.97 Å². The minimum absolute atomic E-state index is 0.0956. The summed E-state index contributed by atoms with van der Waals surface area (Å²) in [6, 6.07) is 21.1. The average molecular weight is 395 g/mol. The number of anilines is 2. The summed E-state index contributed by atoms with van der Waals surface area (Å²) in [5.74, 6) is -1.42. The molecule has 0 bridgehead atoms. The smallest absolute Gasteiger partial charge is 0.335 e. The molecule has 3 aromatic rings. The summed E-state index contributed by atoms with van der Waals surface area (Å²) in [5, 5.41) is 12.6. The molecule has 142 valence electrons. The van der Waals surface area contributed by atoms with Gasteiger partial charge in [0.15, 0.2) is 0 Å². The van der Waals surface area contributed by atoms with Crippen molar-refractivity contribution in [3.63, 3.8) is 0 Å². The summed E-state index contributed by atoms with van der Waals surface area (Å²) >= 11 is 5.96. The third-order valence-electron chi connectivity index (χ3n) is 4.25. The van der Waals surface area contributed by atoms with Gasteiger partial charge in [-0.3, -0.25) is 4.79 Å². The maximum atomic E-state index is 12.6. The third-order valence-corrected chi connectivity index (χ3v) is 4.49. The molecule has 2 N–H and O–H groups in total. The van der Waals surface area contributed by atoms with E-state index in [1.807, 2.05) is 42.3 Å². The van der Waals surface area contributed by atoms with E-state index in [0.29, 0.717) is 28.5 Å². The fourth-order valence-electron chi connectivity index (χ4n) is 2.87. The normalized spacial score (nSPS) is 10.4. The molecule has 6 heteroatoms. The first kappa shape index (κ1) is 19.5. The van der Waals surface area contributed by atoms with Gasteiger partial charge in [0.25, 0.3) is 5.91 Å². The van der Waals surface area contributed by atoms with Crippen molar-refractivity contribution in [3.8, 4) is 0 Å². The van der Waals surface area contributed by atoms with E-state index in [0.717, 1.165) is 5.56 Å². The maximum Gasteiger partial charge on any atom is 0.335 e. The largest absolute Gasteiger partial charge is 0.478 e. The highest BCUT2D eigenvalue weighted by molar-refractivity contribution is 6.31. The second-order valence-electron chi connectivity index (χ2n) is 6.34. The van der Waals surface area contributed by atoms with Gasteiger partial charge in [-0.15, -0.1) is 0 Å². The number of rotatable bonds is 6. The quantitative estimate of drug-likeness (QED) is 0.622. The van der Waals surface area contributed by atoms with Gasteiger partial charge in [0.1, 0.15) is 0 Å². The van der Waals surface area contributed by atoms with E-state index in [4.69, 9.17) is 11.6 Å². The summed E-state index contributed by atoms with van der Waals surface area (Å²) in [5.41, 5.74) is 2.72. The Labute approximate surface area is 168 Å². The van der Waals surface area contributed by atoms with Crippen LogP contribution in [0, 0.1) is 0 Å². The number of carbonyl (C=O) groups is 2. The van der Waals surface area contributed by atoms with Crippen molar-refractivity contribution in [2.45, 2.75) is 6.54 Å². The monoisotopic (exact) mass is 394 g/mol. The van der Waals surface area contributed by atoms with E-state index < -0.39 is 5.97 Å². The lowest BCUT2D eigenvalue weighted by atomic mass is 10.1. The van der Waals surface area contributed by atoms with E-state index in [-0.39, 0.29) is 11.5 Å². The van der Waals surface area contributed by atoms with E-state index >= 15 is 0 Å². The first-order valence-corrected chi connectivity index (χ1v) is 9.01. The lowest BCUT2D eigenvalue weighted by molar-refractivity contribution is 0.0696. The minimum Gasteiger partial charge on any atom is -0.478 e. The highest BCUT2D eigenvalue weighted by Crippen LogP contribution is 2.28. The van der Waals surface area contributed by atoms with Crippen LogP contribution in [0.5, 0.6) is 0 Å². The van der Waals surface area contributed by atoms with Crippen LogP contribution in [0.2, 0.25) is 5.02 Å². The van der Waals surface area contributed by atoms with Crippen LogP contribution in [0.3, 0.4) is 0 Å². The van der Waals surface area contributed by atoms with E-state index in [9.17, 15) is 14.7 Å². The zero-order chi connectivity index (χ0) is 20.1. The molecule has 3 aromatic carbocycles. The molecule has 0 aromatic heterocycles. The number of carbonyl (C=O) groups excluding carboxylic acids is 1. The van der Waals surface area contributed by atoms with Crippen molar-refractivity contribution < 1.29 is 14.7 Å². The predicted octanol–water partition coefficient (Wildman–Crippen LogP) is 4.93. The Balaban J connectivity index is 1.91. The minimum atomic E-state index is -1.06.